The molecule has 176 valence electrons. The number of nitrogens with one attached hydrogen (secondary N) is 1. The van der Waals surface area contributed by atoms with Crippen LogP contribution in [0.1, 0.15) is 23.9 Å². The van der Waals surface area contributed by atoms with E-state index in [1.165, 1.54) is 16.7 Å². The zero-order valence-electron chi connectivity index (χ0n) is 19.1. The largest absolute Gasteiger partial charge is 0.454 e. The maximum atomic E-state index is 13.3. The number of amides is 2. The molecule has 3 aromatic rings. The maximum Gasteiger partial charge on any atom is 0.246 e. The van der Waals surface area contributed by atoms with Crippen LogP contribution in [0.2, 0.25) is 0 Å². The molecule has 1 N–H and O–H groups in total. The van der Waals surface area contributed by atoms with E-state index in [0.29, 0.717) is 22.3 Å². The van der Waals surface area contributed by atoms with Gasteiger partial charge in [0.2, 0.25) is 18.6 Å². The quantitative estimate of drug-likeness (QED) is 0.387. The van der Waals surface area contributed by atoms with Crippen molar-refractivity contribution in [2.24, 2.45) is 0 Å². The molecule has 0 radical (unpaired) electrons. The lowest BCUT2D eigenvalue weighted by molar-refractivity contribution is -0.136. The van der Waals surface area contributed by atoms with Crippen molar-refractivity contribution in [3.8, 4) is 11.5 Å². The average Bonchev–Trinajstić information content (AvgIpc) is 3.28. The number of anilines is 1. The Morgan fingerprint density at radius 3 is 2.62 bits per heavy atom. The van der Waals surface area contributed by atoms with E-state index in [9.17, 15) is 9.59 Å². The van der Waals surface area contributed by atoms with E-state index in [2.05, 4.69) is 20.3 Å². The first-order chi connectivity index (χ1) is 16.4. The molecule has 1 aliphatic rings. The Balaban J connectivity index is 1.48. The van der Waals surface area contributed by atoms with Crippen LogP contribution in [0.4, 0.5) is 5.69 Å². The molecule has 1 aromatic carbocycles. The minimum absolute atomic E-state index is 0.102. The van der Waals surface area contributed by atoms with Gasteiger partial charge in [-0.1, -0.05) is 17.8 Å². The summed E-state index contributed by atoms with van der Waals surface area (Å²) in [5, 5.41) is 3.40. The van der Waals surface area contributed by atoms with E-state index in [1.807, 2.05) is 26.0 Å². The molecule has 0 fully saturated rings. The second kappa shape index (κ2) is 10.5. The first kappa shape index (κ1) is 23.5. The van der Waals surface area contributed by atoms with E-state index in [4.69, 9.17) is 9.47 Å². The van der Waals surface area contributed by atoms with Crippen LogP contribution in [0.5, 0.6) is 11.5 Å². The highest BCUT2D eigenvalue weighted by molar-refractivity contribution is 7.99. The summed E-state index contributed by atoms with van der Waals surface area (Å²) >= 11 is 1.25. The maximum absolute atomic E-state index is 13.3. The Morgan fingerprint density at radius 1 is 1.12 bits per heavy atom. The van der Waals surface area contributed by atoms with Gasteiger partial charge in [0.05, 0.1) is 5.75 Å². The van der Waals surface area contributed by atoms with E-state index in [1.54, 1.807) is 43.6 Å². The number of hydrogen-bond donors (Lipinski definition) is 1. The molecule has 1 atom stereocenters. The SMILES string of the molecule is Cc1cc(C)nc(SCC(=O)N(Cc2cccnc2)C(C)C(=O)Nc2ccc3c(c2)OCO3)n1. The Kier molecular flexibility index (Phi) is 7.27. The Bertz CT molecular complexity index is 1170. The van der Waals surface area contributed by atoms with Gasteiger partial charge in [-0.15, -0.1) is 0 Å². The molecule has 0 spiro atoms. The van der Waals surface area contributed by atoms with Gasteiger partial charge < -0.3 is 19.7 Å². The number of carbonyl (C=O) groups excluding carboxylic acids is 2. The average molecular weight is 480 g/mol. The van der Waals surface area contributed by atoms with Crippen molar-refractivity contribution in [1.82, 2.24) is 19.9 Å². The fraction of sp³-hybridized carbons (Fsp3) is 0.292. The summed E-state index contributed by atoms with van der Waals surface area (Å²) in [5.41, 5.74) is 3.07. The number of ether oxygens (including phenoxy) is 2. The van der Waals surface area contributed by atoms with Crippen molar-refractivity contribution >= 4 is 29.3 Å². The number of hydrogen-bond acceptors (Lipinski definition) is 8. The zero-order valence-corrected chi connectivity index (χ0v) is 20.0. The molecule has 0 saturated heterocycles. The number of benzene rings is 1. The van der Waals surface area contributed by atoms with E-state index >= 15 is 0 Å². The van der Waals surface area contributed by atoms with Gasteiger partial charge in [-0.05, 0) is 50.6 Å². The third-order valence-electron chi connectivity index (χ3n) is 5.17. The smallest absolute Gasteiger partial charge is 0.246 e. The normalized spacial score (nSPS) is 12.8. The van der Waals surface area contributed by atoms with Crippen molar-refractivity contribution in [2.75, 3.05) is 17.9 Å². The Hall–Kier alpha value is -3.66. The molecule has 3 heterocycles. The highest BCUT2D eigenvalue weighted by Gasteiger charge is 2.27. The lowest BCUT2D eigenvalue weighted by atomic mass is 10.2. The van der Waals surface area contributed by atoms with Crippen LogP contribution in [-0.2, 0) is 16.1 Å². The van der Waals surface area contributed by atoms with Gasteiger partial charge in [0.15, 0.2) is 16.7 Å². The van der Waals surface area contributed by atoms with Crippen LogP contribution in [0.25, 0.3) is 0 Å². The molecular formula is C24H25N5O4S. The van der Waals surface area contributed by atoms with Crippen molar-refractivity contribution in [2.45, 2.75) is 38.5 Å². The van der Waals surface area contributed by atoms with Crippen molar-refractivity contribution in [3.63, 3.8) is 0 Å². The van der Waals surface area contributed by atoms with Gasteiger partial charge in [-0.2, -0.15) is 0 Å². The number of carbonyl (C=O) groups is 2. The number of rotatable bonds is 8. The van der Waals surface area contributed by atoms with E-state index < -0.39 is 6.04 Å². The summed E-state index contributed by atoms with van der Waals surface area (Å²) in [4.78, 5) is 40.8. The summed E-state index contributed by atoms with van der Waals surface area (Å²) in [6.07, 6.45) is 3.35. The van der Waals surface area contributed by atoms with Gasteiger partial charge >= 0.3 is 0 Å². The number of fused-ring (bicyclic) bond motifs is 1. The minimum atomic E-state index is -0.737. The topological polar surface area (TPSA) is 107 Å². The molecule has 1 unspecified atom stereocenters. The lowest BCUT2D eigenvalue weighted by Crippen LogP contribution is -2.46. The fourth-order valence-corrected chi connectivity index (χ4v) is 4.29. The number of thioether (sulfide) groups is 1. The molecular weight excluding hydrogens is 454 g/mol. The van der Waals surface area contributed by atoms with Crippen molar-refractivity contribution < 1.29 is 19.1 Å². The molecule has 0 saturated carbocycles. The Labute approximate surface area is 201 Å². The lowest BCUT2D eigenvalue weighted by Gasteiger charge is -2.28. The van der Waals surface area contributed by atoms with Gasteiger partial charge in [0, 0.05) is 42.1 Å². The predicted octanol–water partition coefficient (Wildman–Crippen LogP) is 3.37. The summed E-state index contributed by atoms with van der Waals surface area (Å²) in [6, 6.07) is 9.99. The standard InChI is InChI=1S/C24H25N5O4S/c1-15-9-16(2)27-24(26-15)34-13-22(30)29(12-18-5-4-8-25-11-18)17(3)23(31)28-19-6-7-20-21(10-19)33-14-32-20/h4-11,17H,12-14H2,1-3H3,(H,28,31). The van der Waals surface area contributed by atoms with Crippen molar-refractivity contribution in [1.29, 1.82) is 0 Å². The summed E-state index contributed by atoms with van der Waals surface area (Å²) in [5.74, 6) is 0.780. The monoisotopic (exact) mass is 479 g/mol. The summed E-state index contributed by atoms with van der Waals surface area (Å²) < 4.78 is 10.7. The highest BCUT2D eigenvalue weighted by Crippen LogP contribution is 2.34. The first-order valence-corrected chi connectivity index (χ1v) is 11.7. The van der Waals surface area contributed by atoms with Gasteiger partial charge in [-0.3, -0.25) is 14.6 Å². The van der Waals surface area contributed by atoms with Crippen LogP contribution >= 0.6 is 11.8 Å². The summed E-state index contributed by atoms with van der Waals surface area (Å²) in [6.45, 7) is 5.87. The molecule has 10 heteroatoms. The first-order valence-electron chi connectivity index (χ1n) is 10.7. The molecule has 9 nitrogen and oxygen atoms in total. The molecule has 0 bridgehead atoms. The van der Waals surface area contributed by atoms with Gasteiger partial charge in [0.25, 0.3) is 0 Å². The minimum Gasteiger partial charge on any atom is -0.454 e. The molecule has 2 aromatic heterocycles. The van der Waals surface area contributed by atoms with Crippen LogP contribution < -0.4 is 14.8 Å². The summed E-state index contributed by atoms with van der Waals surface area (Å²) in [7, 11) is 0. The molecule has 4 rings (SSSR count). The Morgan fingerprint density at radius 2 is 1.88 bits per heavy atom. The van der Waals surface area contributed by atoms with Crippen LogP contribution in [0.3, 0.4) is 0 Å². The second-order valence-electron chi connectivity index (χ2n) is 7.84. The van der Waals surface area contributed by atoms with Crippen LogP contribution in [0, 0.1) is 13.8 Å². The van der Waals surface area contributed by atoms with Crippen molar-refractivity contribution in [3.05, 3.63) is 65.7 Å². The van der Waals surface area contributed by atoms with Gasteiger partial charge in [-0.25, -0.2) is 9.97 Å². The van der Waals surface area contributed by atoms with E-state index in [0.717, 1.165) is 17.0 Å². The zero-order chi connectivity index (χ0) is 24.1. The second-order valence-corrected chi connectivity index (χ2v) is 8.78. The third-order valence-corrected chi connectivity index (χ3v) is 6.00. The van der Waals surface area contributed by atoms with Gasteiger partial charge in [0.1, 0.15) is 6.04 Å². The van der Waals surface area contributed by atoms with Crippen LogP contribution in [0.15, 0.2) is 53.9 Å². The number of nitrogens with zero attached hydrogens (tertiary/aromatic N) is 4. The number of pyridine rings is 1. The third kappa shape index (κ3) is 5.82. The van der Waals surface area contributed by atoms with E-state index in [-0.39, 0.29) is 30.9 Å². The van der Waals surface area contributed by atoms with Crippen LogP contribution in [-0.4, -0.2) is 50.3 Å². The molecule has 1 aliphatic heterocycles. The molecule has 34 heavy (non-hydrogen) atoms. The number of aromatic nitrogens is 3. The molecule has 0 aliphatic carbocycles. The predicted molar refractivity (Wildman–Crippen MR) is 128 cm³/mol. The molecule has 2 amide bonds. The highest BCUT2D eigenvalue weighted by atomic mass is 32.2. The fourth-order valence-electron chi connectivity index (χ4n) is 3.46. The number of aryl methyl sites for hydroxylation is 2.